The molecule has 0 aromatic heterocycles. The first kappa shape index (κ1) is 9.98. The number of hydrogen-bond donors (Lipinski definition) is 1. The van der Waals surface area contributed by atoms with Gasteiger partial charge in [0.25, 0.3) is 0 Å². The molecule has 1 amide bonds. The van der Waals surface area contributed by atoms with Gasteiger partial charge in [-0.1, -0.05) is 24.3 Å². The number of carbonyl (C=O) groups is 1. The van der Waals surface area contributed by atoms with Crippen LogP contribution in [0.15, 0.2) is 24.3 Å². The predicted molar refractivity (Wildman–Crippen MR) is 56.2 cm³/mol. The number of nitrogens with two attached hydrogens (primary N) is 1. The molecule has 2 N–H and O–H groups in total. The zero-order chi connectivity index (χ0) is 10.8. The predicted octanol–water partition coefficient (Wildman–Crippen LogP) is 1.27. The Morgan fingerprint density at radius 1 is 1.53 bits per heavy atom. The summed E-state index contributed by atoms with van der Waals surface area (Å²) in [4.78, 5) is 13.0. The number of nitrogens with zero attached hydrogens (tertiary/aromatic N) is 1. The van der Waals surface area contributed by atoms with Crippen LogP contribution in [0.25, 0.3) is 0 Å². The van der Waals surface area contributed by atoms with Crippen LogP contribution in [0.5, 0.6) is 0 Å². The molecule has 80 valence electrons. The molecule has 1 aliphatic heterocycles. The number of fused-ring (bicyclic) bond motifs is 1. The fourth-order valence-electron chi connectivity index (χ4n) is 1.92. The Kier molecular flexibility index (Phi) is 2.60. The van der Waals surface area contributed by atoms with E-state index < -0.39 is 0 Å². The van der Waals surface area contributed by atoms with Crippen molar-refractivity contribution in [2.45, 2.75) is 12.6 Å². The number of benzene rings is 1. The van der Waals surface area contributed by atoms with E-state index in [0.29, 0.717) is 6.54 Å². The summed E-state index contributed by atoms with van der Waals surface area (Å²) < 4.78 is 4.68. The number of hydrogen-bond acceptors (Lipinski definition) is 3. The second-order valence-corrected chi connectivity index (χ2v) is 3.56. The lowest BCUT2D eigenvalue weighted by Gasteiger charge is -2.33. The van der Waals surface area contributed by atoms with Crippen molar-refractivity contribution >= 4 is 6.09 Å². The zero-order valence-corrected chi connectivity index (χ0v) is 8.64. The van der Waals surface area contributed by atoms with Crippen molar-refractivity contribution in [1.29, 1.82) is 0 Å². The van der Waals surface area contributed by atoms with E-state index in [4.69, 9.17) is 5.73 Å². The molecule has 0 saturated carbocycles. The molecule has 0 aliphatic carbocycles. The van der Waals surface area contributed by atoms with Crippen LogP contribution >= 0.6 is 0 Å². The van der Waals surface area contributed by atoms with Crippen LogP contribution < -0.4 is 5.73 Å². The SMILES string of the molecule is COC(=O)N1CCc2ccccc2C1N. The van der Waals surface area contributed by atoms with Gasteiger partial charge in [-0.05, 0) is 17.5 Å². The van der Waals surface area contributed by atoms with Gasteiger partial charge in [0.1, 0.15) is 6.17 Å². The lowest BCUT2D eigenvalue weighted by Crippen LogP contribution is -2.43. The van der Waals surface area contributed by atoms with Crippen LogP contribution in [0.1, 0.15) is 17.3 Å². The molecule has 1 unspecified atom stereocenters. The summed E-state index contributed by atoms with van der Waals surface area (Å²) in [6.45, 7) is 0.616. The second kappa shape index (κ2) is 3.90. The Morgan fingerprint density at radius 3 is 3.00 bits per heavy atom. The van der Waals surface area contributed by atoms with E-state index in [1.54, 1.807) is 4.90 Å². The Bertz CT molecular complexity index is 379. The lowest BCUT2D eigenvalue weighted by atomic mass is 9.98. The average Bonchev–Trinajstić information content (AvgIpc) is 2.29. The molecule has 0 saturated heterocycles. The third-order valence-corrected chi connectivity index (χ3v) is 2.74. The van der Waals surface area contributed by atoms with Crippen LogP contribution in [-0.2, 0) is 11.2 Å². The van der Waals surface area contributed by atoms with Crippen molar-refractivity contribution in [3.05, 3.63) is 35.4 Å². The van der Waals surface area contributed by atoms with Gasteiger partial charge < -0.3 is 10.5 Å². The standard InChI is InChI=1S/C11H14N2O2/c1-15-11(14)13-7-6-8-4-2-3-5-9(8)10(13)12/h2-5,10H,6-7,12H2,1H3. The van der Waals surface area contributed by atoms with Crippen molar-refractivity contribution in [2.75, 3.05) is 13.7 Å². The van der Waals surface area contributed by atoms with Gasteiger partial charge in [-0.2, -0.15) is 0 Å². The topological polar surface area (TPSA) is 55.6 Å². The first-order valence-corrected chi connectivity index (χ1v) is 4.92. The van der Waals surface area contributed by atoms with Crippen LogP contribution in [0, 0.1) is 0 Å². The number of methoxy groups -OCH3 is 1. The maximum atomic E-state index is 11.4. The van der Waals surface area contributed by atoms with Gasteiger partial charge in [0.2, 0.25) is 0 Å². The first-order chi connectivity index (χ1) is 7.24. The summed E-state index contributed by atoms with van der Waals surface area (Å²) in [5, 5.41) is 0. The van der Waals surface area contributed by atoms with Gasteiger partial charge in [0.05, 0.1) is 7.11 Å². The highest BCUT2D eigenvalue weighted by molar-refractivity contribution is 5.68. The highest BCUT2D eigenvalue weighted by atomic mass is 16.5. The minimum atomic E-state index is -0.387. The molecule has 1 heterocycles. The Labute approximate surface area is 88.6 Å². The summed E-state index contributed by atoms with van der Waals surface area (Å²) >= 11 is 0. The van der Waals surface area contributed by atoms with Gasteiger partial charge in [0, 0.05) is 6.54 Å². The molecule has 0 radical (unpaired) electrons. The van der Waals surface area contributed by atoms with Crippen molar-refractivity contribution in [2.24, 2.45) is 5.73 Å². The molecule has 4 heteroatoms. The summed E-state index contributed by atoms with van der Waals surface area (Å²) in [5.41, 5.74) is 8.21. The zero-order valence-electron chi connectivity index (χ0n) is 8.64. The number of ether oxygens (including phenoxy) is 1. The third kappa shape index (κ3) is 1.68. The molecular formula is C11H14N2O2. The van der Waals surface area contributed by atoms with Crippen LogP contribution in [0.3, 0.4) is 0 Å². The minimum absolute atomic E-state index is 0.364. The fraction of sp³-hybridized carbons (Fsp3) is 0.364. The van der Waals surface area contributed by atoms with Crippen LogP contribution in [0.4, 0.5) is 4.79 Å². The summed E-state index contributed by atoms with van der Waals surface area (Å²) in [6, 6.07) is 7.91. The van der Waals surface area contributed by atoms with E-state index in [2.05, 4.69) is 4.74 Å². The van der Waals surface area contributed by atoms with Crippen molar-refractivity contribution in [1.82, 2.24) is 4.90 Å². The van der Waals surface area contributed by atoms with Crippen molar-refractivity contribution in [3.63, 3.8) is 0 Å². The van der Waals surface area contributed by atoms with Gasteiger partial charge >= 0.3 is 6.09 Å². The molecule has 4 nitrogen and oxygen atoms in total. The molecule has 0 fully saturated rings. The first-order valence-electron chi connectivity index (χ1n) is 4.92. The van der Waals surface area contributed by atoms with E-state index in [0.717, 1.165) is 12.0 Å². The molecule has 0 spiro atoms. The smallest absolute Gasteiger partial charge is 0.411 e. The Balaban J connectivity index is 2.29. The molecule has 2 rings (SSSR count). The largest absolute Gasteiger partial charge is 0.453 e. The summed E-state index contributed by atoms with van der Waals surface area (Å²) in [5.74, 6) is 0. The van der Waals surface area contributed by atoms with E-state index >= 15 is 0 Å². The van der Waals surface area contributed by atoms with Crippen LogP contribution in [-0.4, -0.2) is 24.6 Å². The van der Waals surface area contributed by atoms with E-state index in [-0.39, 0.29) is 12.3 Å². The molecule has 1 aromatic carbocycles. The Hall–Kier alpha value is -1.55. The number of carbonyl (C=O) groups excluding carboxylic acids is 1. The van der Waals surface area contributed by atoms with Gasteiger partial charge in [0.15, 0.2) is 0 Å². The number of amides is 1. The normalized spacial score (nSPS) is 19.6. The van der Waals surface area contributed by atoms with Crippen LogP contribution in [0.2, 0.25) is 0 Å². The maximum Gasteiger partial charge on any atom is 0.411 e. The monoisotopic (exact) mass is 206 g/mol. The number of rotatable bonds is 0. The maximum absolute atomic E-state index is 11.4. The second-order valence-electron chi connectivity index (χ2n) is 3.56. The summed E-state index contributed by atoms with van der Waals surface area (Å²) in [7, 11) is 1.37. The van der Waals surface area contributed by atoms with Crippen molar-refractivity contribution in [3.8, 4) is 0 Å². The van der Waals surface area contributed by atoms with E-state index in [1.807, 2.05) is 24.3 Å². The molecular weight excluding hydrogens is 192 g/mol. The minimum Gasteiger partial charge on any atom is -0.453 e. The van der Waals surface area contributed by atoms with Gasteiger partial charge in [-0.25, -0.2) is 4.79 Å². The average molecular weight is 206 g/mol. The van der Waals surface area contributed by atoms with E-state index in [1.165, 1.54) is 12.7 Å². The molecule has 15 heavy (non-hydrogen) atoms. The quantitative estimate of drug-likeness (QED) is 0.695. The molecule has 1 aromatic rings. The Morgan fingerprint density at radius 2 is 2.27 bits per heavy atom. The highest BCUT2D eigenvalue weighted by Gasteiger charge is 2.27. The van der Waals surface area contributed by atoms with E-state index in [9.17, 15) is 4.79 Å². The third-order valence-electron chi connectivity index (χ3n) is 2.74. The molecule has 1 aliphatic rings. The van der Waals surface area contributed by atoms with Gasteiger partial charge in [-0.15, -0.1) is 0 Å². The fourth-order valence-corrected chi connectivity index (χ4v) is 1.92. The van der Waals surface area contributed by atoms with Crippen molar-refractivity contribution < 1.29 is 9.53 Å². The van der Waals surface area contributed by atoms with Gasteiger partial charge in [-0.3, -0.25) is 4.90 Å². The lowest BCUT2D eigenvalue weighted by molar-refractivity contribution is 0.102. The highest BCUT2D eigenvalue weighted by Crippen LogP contribution is 2.25. The summed E-state index contributed by atoms with van der Waals surface area (Å²) in [6.07, 6.45) is 0.0818. The molecule has 1 atom stereocenters. The molecule has 0 bridgehead atoms.